The molecule has 122 valence electrons. The van der Waals surface area contributed by atoms with E-state index in [1.165, 1.54) is 18.2 Å². The predicted octanol–water partition coefficient (Wildman–Crippen LogP) is 1.44. The molecule has 1 aromatic heterocycles. The van der Waals surface area contributed by atoms with E-state index in [0.717, 1.165) is 10.1 Å². The zero-order valence-corrected chi connectivity index (χ0v) is 12.8. The monoisotopic (exact) mass is 326 g/mol. The molecule has 0 saturated carbocycles. The number of benzene rings is 2. The highest BCUT2D eigenvalue weighted by atomic mass is 16.5. The number of ether oxygens (including phenoxy) is 1. The zero-order chi connectivity index (χ0) is 17.3. The van der Waals surface area contributed by atoms with Gasteiger partial charge in [0.15, 0.2) is 0 Å². The third-order valence-corrected chi connectivity index (χ3v) is 3.73. The lowest BCUT2D eigenvalue weighted by Gasteiger charge is -2.08. The number of aromatic amines is 1. The van der Waals surface area contributed by atoms with Crippen molar-refractivity contribution in [2.75, 3.05) is 7.11 Å². The van der Waals surface area contributed by atoms with Gasteiger partial charge in [-0.3, -0.25) is 9.36 Å². The highest BCUT2D eigenvalue weighted by Gasteiger charge is 2.11. The number of hydrogen-bond acceptors (Lipinski definition) is 4. The third-order valence-electron chi connectivity index (χ3n) is 3.73. The van der Waals surface area contributed by atoms with Crippen LogP contribution in [0.3, 0.4) is 0 Å². The Hall–Kier alpha value is -3.35. The van der Waals surface area contributed by atoms with Gasteiger partial charge in [-0.25, -0.2) is 9.59 Å². The molecule has 3 aromatic rings. The van der Waals surface area contributed by atoms with Crippen molar-refractivity contribution < 1.29 is 14.6 Å². The number of hydrogen-bond donors (Lipinski definition) is 2. The molecule has 0 spiro atoms. The van der Waals surface area contributed by atoms with E-state index in [2.05, 4.69) is 4.98 Å². The van der Waals surface area contributed by atoms with Crippen molar-refractivity contribution in [2.45, 2.75) is 6.54 Å². The molecule has 24 heavy (non-hydrogen) atoms. The number of aromatic carboxylic acids is 1. The van der Waals surface area contributed by atoms with Crippen LogP contribution in [0.2, 0.25) is 0 Å². The second-order valence-electron chi connectivity index (χ2n) is 5.24. The minimum Gasteiger partial charge on any atom is -0.497 e. The van der Waals surface area contributed by atoms with Crippen LogP contribution in [0.5, 0.6) is 5.75 Å². The Morgan fingerprint density at radius 1 is 1.17 bits per heavy atom. The van der Waals surface area contributed by atoms with Gasteiger partial charge in [0.2, 0.25) is 0 Å². The molecular weight excluding hydrogens is 312 g/mol. The first-order valence-electron chi connectivity index (χ1n) is 7.12. The number of carboxylic acids is 1. The molecule has 0 bridgehead atoms. The summed E-state index contributed by atoms with van der Waals surface area (Å²) < 4.78 is 6.11. The molecule has 0 fully saturated rings. The second kappa shape index (κ2) is 6.04. The Kier molecular flexibility index (Phi) is 3.91. The SMILES string of the molecule is COc1ccc(Cn2c(=O)[nH]c3ccc(C(=O)O)cc3c2=O)cc1. The Bertz CT molecular complexity index is 1030. The number of aromatic nitrogens is 2. The number of H-pyrrole nitrogens is 1. The largest absolute Gasteiger partial charge is 0.497 e. The van der Waals surface area contributed by atoms with Crippen LogP contribution in [0.25, 0.3) is 10.9 Å². The van der Waals surface area contributed by atoms with Crippen LogP contribution in [0, 0.1) is 0 Å². The second-order valence-corrected chi connectivity index (χ2v) is 5.24. The van der Waals surface area contributed by atoms with Gasteiger partial charge in [0, 0.05) is 0 Å². The van der Waals surface area contributed by atoms with E-state index in [1.54, 1.807) is 31.4 Å². The molecule has 2 aromatic carbocycles. The summed E-state index contributed by atoms with van der Waals surface area (Å²) in [6.07, 6.45) is 0. The first-order valence-corrected chi connectivity index (χ1v) is 7.12. The highest BCUT2D eigenvalue weighted by molar-refractivity contribution is 5.92. The summed E-state index contributed by atoms with van der Waals surface area (Å²) in [5.74, 6) is -0.464. The van der Waals surface area contributed by atoms with Gasteiger partial charge in [0.05, 0.1) is 30.1 Å². The Labute approximate surface area is 135 Å². The zero-order valence-electron chi connectivity index (χ0n) is 12.8. The number of carbonyl (C=O) groups is 1. The van der Waals surface area contributed by atoms with Gasteiger partial charge in [-0.05, 0) is 35.9 Å². The number of carboxylic acid groups (broad SMARTS) is 1. The molecule has 0 unspecified atom stereocenters. The molecule has 0 aliphatic heterocycles. The van der Waals surface area contributed by atoms with E-state index in [9.17, 15) is 14.4 Å². The molecule has 7 nitrogen and oxygen atoms in total. The fourth-order valence-corrected chi connectivity index (χ4v) is 2.44. The third kappa shape index (κ3) is 2.79. The average Bonchev–Trinajstić information content (AvgIpc) is 2.58. The summed E-state index contributed by atoms with van der Waals surface area (Å²) in [5, 5.41) is 9.21. The number of methoxy groups -OCH3 is 1. The van der Waals surface area contributed by atoms with Crippen molar-refractivity contribution in [2.24, 2.45) is 0 Å². The van der Waals surface area contributed by atoms with Crippen LogP contribution in [0.1, 0.15) is 15.9 Å². The van der Waals surface area contributed by atoms with Gasteiger partial charge >= 0.3 is 11.7 Å². The highest BCUT2D eigenvalue weighted by Crippen LogP contribution is 2.12. The van der Waals surface area contributed by atoms with E-state index in [0.29, 0.717) is 11.3 Å². The van der Waals surface area contributed by atoms with E-state index in [4.69, 9.17) is 9.84 Å². The van der Waals surface area contributed by atoms with Crippen LogP contribution in [0.4, 0.5) is 0 Å². The number of nitrogens with one attached hydrogen (secondary N) is 1. The molecule has 0 saturated heterocycles. The molecule has 1 heterocycles. The molecule has 3 rings (SSSR count). The van der Waals surface area contributed by atoms with Gasteiger partial charge in [-0.2, -0.15) is 0 Å². The van der Waals surface area contributed by atoms with E-state index >= 15 is 0 Å². The van der Waals surface area contributed by atoms with Crippen LogP contribution < -0.4 is 16.0 Å². The van der Waals surface area contributed by atoms with Crippen LogP contribution >= 0.6 is 0 Å². The normalized spacial score (nSPS) is 10.7. The Balaban J connectivity index is 2.11. The summed E-state index contributed by atoms with van der Waals surface area (Å²) in [6.45, 7) is 0.0748. The molecule has 0 aliphatic carbocycles. The van der Waals surface area contributed by atoms with Crippen LogP contribution in [0.15, 0.2) is 52.1 Å². The topological polar surface area (TPSA) is 101 Å². The van der Waals surface area contributed by atoms with Crippen molar-refractivity contribution in [3.63, 3.8) is 0 Å². The van der Waals surface area contributed by atoms with E-state index in [-0.39, 0.29) is 17.5 Å². The number of nitrogens with zero attached hydrogens (tertiary/aromatic N) is 1. The summed E-state index contributed by atoms with van der Waals surface area (Å²) in [7, 11) is 1.55. The fraction of sp³-hybridized carbons (Fsp3) is 0.118. The molecule has 0 radical (unpaired) electrons. The number of rotatable bonds is 4. The lowest BCUT2D eigenvalue weighted by molar-refractivity contribution is 0.0697. The molecule has 7 heteroatoms. The summed E-state index contributed by atoms with van der Waals surface area (Å²) >= 11 is 0. The van der Waals surface area contributed by atoms with Gasteiger partial charge in [-0.15, -0.1) is 0 Å². The molecule has 0 amide bonds. The van der Waals surface area contributed by atoms with Crippen molar-refractivity contribution in [3.8, 4) is 5.75 Å². The number of fused-ring (bicyclic) bond motifs is 1. The van der Waals surface area contributed by atoms with Crippen molar-refractivity contribution in [1.82, 2.24) is 9.55 Å². The predicted molar refractivity (Wildman–Crippen MR) is 87.9 cm³/mol. The minimum atomic E-state index is -1.13. The maximum absolute atomic E-state index is 12.6. The standard InChI is InChI=1S/C17H14N2O5/c1-24-12-5-2-10(3-6-12)9-19-15(20)13-8-11(16(21)22)4-7-14(13)18-17(19)23/h2-8H,9H2,1H3,(H,18,23)(H,21,22). The summed E-state index contributed by atoms with van der Waals surface area (Å²) in [4.78, 5) is 38.4. The maximum atomic E-state index is 12.6. The van der Waals surface area contributed by atoms with Crippen molar-refractivity contribution in [1.29, 1.82) is 0 Å². The van der Waals surface area contributed by atoms with Crippen molar-refractivity contribution >= 4 is 16.9 Å². The van der Waals surface area contributed by atoms with Gasteiger partial charge in [-0.1, -0.05) is 12.1 Å². The molecule has 0 aliphatic rings. The molecular formula is C17H14N2O5. The first-order chi connectivity index (χ1) is 11.5. The summed E-state index contributed by atoms with van der Waals surface area (Å²) in [6, 6.07) is 11.0. The average molecular weight is 326 g/mol. The van der Waals surface area contributed by atoms with Gasteiger partial charge in [0.25, 0.3) is 5.56 Å². The fourth-order valence-electron chi connectivity index (χ4n) is 2.44. The van der Waals surface area contributed by atoms with Crippen LogP contribution in [-0.4, -0.2) is 27.7 Å². The Morgan fingerprint density at radius 3 is 2.50 bits per heavy atom. The lowest BCUT2D eigenvalue weighted by Crippen LogP contribution is -2.35. The van der Waals surface area contributed by atoms with Gasteiger partial charge in [0.1, 0.15) is 5.75 Å². The van der Waals surface area contributed by atoms with Crippen molar-refractivity contribution in [3.05, 3.63) is 74.4 Å². The Morgan fingerprint density at radius 2 is 1.88 bits per heavy atom. The minimum absolute atomic E-state index is 0.0114. The van der Waals surface area contributed by atoms with Gasteiger partial charge < -0.3 is 14.8 Å². The van der Waals surface area contributed by atoms with Crippen LogP contribution in [-0.2, 0) is 6.54 Å². The maximum Gasteiger partial charge on any atom is 0.335 e. The lowest BCUT2D eigenvalue weighted by atomic mass is 10.1. The molecule has 2 N–H and O–H groups in total. The van der Waals surface area contributed by atoms with E-state index in [1.807, 2.05) is 0 Å². The first kappa shape index (κ1) is 15.5. The molecule has 0 atom stereocenters. The summed E-state index contributed by atoms with van der Waals surface area (Å²) in [5.41, 5.74) is -0.0418. The smallest absolute Gasteiger partial charge is 0.335 e. The quantitative estimate of drug-likeness (QED) is 0.755. The van der Waals surface area contributed by atoms with E-state index < -0.39 is 17.2 Å².